The summed E-state index contributed by atoms with van der Waals surface area (Å²) in [4.78, 5) is 11.1. The van der Waals surface area contributed by atoms with Crippen molar-refractivity contribution in [2.45, 2.75) is 39.4 Å². The third kappa shape index (κ3) is 7.33. The Bertz CT molecular complexity index is 224. The molecular weight excluding hydrogens is 208 g/mol. The smallest absolute Gasteiger partial charge is 0.333 e. The van der Waals surface area contributed by atoms with Gasteiger partial charge in [0.15, 0.2) is 8.32 Å². The third-order valence-corrected chi connectivity index (χ3v) is 4.38. The van der Waals surface area contributed by atoms with Crippen LogP contribution < -0.4 is 0 Å². The number of hydrogen-bond donors (Lipinski definition) is 0. The van der Waals surface area contributed by atoms with E-state index in [-0.39, 0.29) is 5.97 Å². The molecule has 0 unspecified atom stereocenters. The number of carbonyl (C=O) groups excluding carboxylic acids is 1. The van der Waals surface area contributed by atoms with Gasteiger partial charge in [-0.25, -0.2) is 4.79 Å². The lowest BCUT2D eigenvalue weighted by molar-refractivity contribution is -0.138. The summed E-state index contributed by atoms with van der Waals surface area (Å²) in [6.07, 6.45) is 1.03. The lowest BCUT2D eigenvalue weighted by Gasteiger charge is -2.22. The van der Waals surface area contributed by atoms with Crippen molar-refractivity contribution in [3.63, 3.8) is 0 Å². The number of esters is 1. The fourth-order valence-electron chi connectivity index (χ4n) is 0.963. The Morgan fingerprint density at radius 2 is 1.93 bits per heavy atom. The molecule has 4 heteroatoms. The molecule has 0 aliphatic heterocycles. The van der Waals surface area contributed by atoms with Gasteiger partial charge in [-0.05, 0) is 26.4 Å². The number of rotatable bonds is 7. The summed E-state index contributed by atoms with van der Waals surface area (Å²) in [7, 11) is -1.63. The minimum absolute atomic E-state index is 0.310. The van der Waals surface area contributed by atoms with Gasteiger partial charge in [0, 0.05) is 18.2 Å². The summed E-state index contributed by atoms with van der Waals surface area (Å²) in [6.45, 7) is 12.8. The van der Waals surface area contributed by atoms with Gasteiger partial charge >= 0.3 is 5.97 Å². The second kappa shape index (κ2) is 6.79. The van der Waals surface area contributed by atoms with Crippen molar-refractivity contribution in [3.05, 3.63) is 12.2 Å². The predicted octanol–water partition coefficient (Wildman–Crippen LogP) is 2.74. The van der Waals surface area contributed by atoms with Crippen LogP contribution in [0.5, 0.6) is 0 Å². The van der Waals surface area contributed by atoms with Gasteiger partial charge in [-0.1, -0.05) is 13.5 Å². The van der Waals surface area contributed by atoms with Crippen molar-refractivity contribution < 1.29 is 14.0 Å². The van der Waals surface area contributed by atoms with E-state index in [0.717, 1.165) is 19.1 Å². The van der Waals surface area contributed by atoms with Crippen LogP contribution in [0.3, 0.4) is 0 Å². The molecule has 0 atom stereocenters. The molecule has 0 radical (unpaired) electrons. The van der Waals surface area contributed by atoms with Gasteiger partial charge in [-0.3, -0.25) is 0 Å². The summed E-state index contributed by atoms with van der Waals surface area (Å²) < 4.78 is 10.8. The molecule has 0 bridgehead atoms. The molecule has 0 aliphatic carbocycles. The second-order valence-electron chi connectivity index (χ2n) is 4.27. The van der Waals surface area contributed by atoms with Crippen molar-refractivity contribution in [3.8, 4) is 0 Å². The normalized spacial score (nSPS) is 11.2. The molecule has 0 amide bonds. The van der Waals surface area contributed by atoms with Crippen LogP contribution in [0.4, 0.5) is 0 Å². The van der Waals surface area contributed by atoms with Crippen molar-refractivity contribution in [1.29, 1.82) is 0 Å². The maximum Gasteiger partial charge on any atom is 0.333 e. The highest BCUT2D eigenvalue weighted by atomic mass is 28.4. The lowest BCUT2D eigenvalue weighted by atomic mass is 10.4. The summed E-state index contributed by atoms with van der Waals surface area (Å²) in [6, 6.07) is 0.839. The van der Waals surface area contributed by atoms with Crippen LogP contribution >= 0.6 is 0 Å². The number of ether oxygens (including phenoxy) is 1. The molecule has 88 valence electrons. The van der Waals surface area contributed by atoms with Crippen molar-refractivity contribution in [1.82, 2.24) is 0 Å². The first-order chi connectivity index (χ1) is 6.89. The maximum atomic E-state index is 11.1. The molecule has 15 heavy (non-hydrogen) atoms. The number of hydrogen-bond acceptors (Lipinski definition) is 3. The monoisotopic (exact) mass is 230 g/mol. The van der Waals surface area contributed by atoms with Crippen LogP contribution in [0.1, 0.15) is 20.3 Å². The first-order valence-corrected chi connectivity index (χ1v) is 8.47. The maximum absolute atomic E-state index is 11.1. The van der Waals surface area contributed by atoms with Crippen molar-refractivity contribution >= 4 is 14.3 Å². The van der Waals surface area contributed by atoms with Gasteiger partial charge in [0.2, 0.25) is 0 Å². The van der Waals surface area contributed by atoms with Gasteiger partial charge in [0.05, 0.1) is 6.61 Å². The Morgan fingerprint density at radius 3 is 2.40 bits per heavy atom. The molecule has 0 saturated heterocycles. The lowest BCUT2D eigenvalue weighted by Crippen LogP contribution is -2.32. The minimum Gasteiger partial charge on any atom is -0.463 e. The highest BCUT2D eigenvalue weighted by molar-refractivity contribution is 6.71. The van der Waals surface area contributed by atoms with E-state index in [1.54, 1.807) is 6.92 Å². The molecule has 0 spiro atoms. The molecule has 0 aliphatic rings. The molecule has 0 fully saturated rings. The van der Waals surface area contributed by atoms with Crippen molar-refractivity contribution in [2.24, 2.45) is 0 Å². The molecule has 0 heterocycles. The minimum atomic E-state index is -1.63. The summed E-state index contributed by atoms with van der Waals surface area (Å²) in [5.41, 5.74) is 0.448. The largest absolute Gasteiger partial charge is 0.463 e. The summed E-state index contributed by atoms with van der Waals surface area (Å²) in [5, 5.41) is 0. The SMILES string of the molecule is C=C(C)C(=O)OCC[Si](C)(C)OCCC. The first-order valence-electron chi connectivity index (χ1n) is 5.35. The Morgan fingerprint density at radius 1 is 1.33 bits per heavy atom. The molecule has 0 aromatic heterocycles. The van der Waals surface area contributed by atoms with E-state index in [1.165, 1.54) is 0 Å². The van der Waals surface area contributed by atoms with Gasteiger partial charge in [-0.2, -0.15) is 0 Å². The molecule has 0 N–H and O–H groups in total. The average Bonchev–Trinajstić information content (AvgIpc) is 2.14. The van der Waals surface area contributed by atoms with Gasteiger partial charge < -0.3 is 9.16 Å². The zero-order valence-corrected chi connectivity index (χ0v) is 11.3. The Kier molecular flexibility index (Phi) is 6.52. The molecule has 0 rings (SSSR count). The second-order valence-corrected chi connectivity index (χ2v) is 8.58. The fraction of sp³-hybridized carbons (Fsp3) is 0.727. The Balaban J connectivity index is 3.74. The van der Waals surface area contributed by atoms with Gasteiger partial charge in [0.1, 0.15) is 0 Å². The Labute approximate surface area is 93.6 Å². The molecule has 0 saturated carbocycles. The van der Waals surface area contributed by atoms with Crippen LogP contribution in [-0.4, -0.2) is 27.5 Å². The van der Waals surface area contributed by atoms with E-state index < -0.39 is 8.32 Å². The summed E-state index contributed by atoms with van der Waals surface area (Å²) >= 11 is 0. The summed E-state index contributed by atoms with van der Waals surface area (Å²) in [5.74, 6) is -0.310. The van der Waals surface area contributed by atoms with E-state index in [9.17, 15) is 4.79 Å². The van der Waals surface area contributed by atoms with Gasteiger partial charge in [-0.15, -0.1) is 0 Å². The van der Waals surface area contributed by atoms with Gasteiger partial charge in [0.25, 0.3) is 0 Å². The van der Waals surface area contributed by atoms with Crippen LogP contribution in [0.2, 0.25) is 19.1 Å². The van der Waals surface area contributed by atoms with Crippen LogP contribution in [0.15, 0.2) is 12.2 Å². The van der Waals surface area contributed by atoms with Crippen LogP contribution in [-0.2, 0) is 14.0 Å². The molecular formula is C11H22O3Si. The van der Waals surface area contributed by atoms with E-state index >= 15 is 0 Å². The topological polar surface area (TPSA) is 35.5 Å². The standard InChI is InChI=1S/C11H22O3Si/c1-6-7-14-15(4,5)9-8-13-11(12)10(2)3/h2,6-9H2,1,3-5H3. The first kappa shape index (κ1) is 14.4. The van der Waals surface area contributed by atoms with E-state index in [4.69, 9.17) is 9.16 Å². The highest BCUT2D eigenvalue weighted by Crippen LogP contribution is 2.11. The molecule has 0 aromatic rings. The van der Waals surface area contributed by atoms with Crippen LogP contribution in [0.25, 0.3) is 0 Å². The van der Waals surface area contributed by atoms with Crippen LogP contribution in [0, 0.1) is 0 Å². The zero-order chi connectivity index (χ0) is 11.9. The van der Waals surface area contributed by atoms with E-state index in [0.29, 0.717) is 12.2 Å². The quantitative estimate of drug-likeness (QED) is 0.383. The fourth-order valence-corrected chi connectivity index (χ4v) is 2.46. The van der Waals surface area contributed by atoms with E-state index in [1.807, 2.05) is 0 Å². The zero-order valence-electron chi connectivity index (χ0n) is 10.3. The molecule has 3 nitrogen and oxygen atoms in total. The van der Waals surface area contributed by atoms with Crippen molar-refractivity contribution in [2.75, 3.05) is 13.2 Å². The highest BCUT2D eigenvalue weighted by Gasteiger charge is 2.22. The predicted molar refractivity (Wildman–Crippen MR) is 64.3 cm³/mol. The Hall–Kier alpha value is -0.613. The number of carbonyl (C=O) groups is 1. The average molecular weight is 230 g/mol. The van der Waals surface area contributed by atoms with E-state index in [2.05, 4.69) is 26.6 Å². The third-order valence-electron chi connectivity index (χ3n) is 1.98. The molecule has 0 aromatic carbocycles.